The van der Waals surface area contributed by atoms with Gasteiger partial charge in [-0.2, -0.15) is 0 Å². The third-order valence-corrected chi connectivity index (χ3v) is 4.61. The fraction of sp³-hybridized carbons (Fsp3) is 0.300. The van der Waals surface area contributed by atoms with Crippen molar-refractivity contribution in [2.24, 2.45) is 5.92 Å². The zero-order valence-electron chi connectivity index (χ0n) is 15.2. The van der Waals surface area contributed by atoms with Gasteiger partial charge in [0.1, 0.15) is 11.5 Å². The Morgan fingerprint density at radius 1 is 1.26 bits per heavy atom. The Kier molecular flexibility index (Phi) is 5.86. The number of halogens is 1. The summed E-state index contributed by atoms with van der Waals surface area (Å²) in [5.74, 6) is 0.484. The van der Waals surface area contributed by atoms with Gasteiger partial charge in [0.05, 0.1) is 25.3 Å². The number of nitrogens with one attached hydrogen (secondary N) is 1. The van der Waals surface area contributed by atoms with Gasteiger partial charge in [0.2, 0.25) is 11.8 Å². The molecule has 0 spiro atoms. The maximum atomic E-state index is 12.6. The fourth-order valence-electron chi connectivity index (χ4n) is 3.03. The van der Waals surface area contributed by atoms with Gasteiger partial charge in [-0.05, 0) is 49.4 Å². The molecule has 0 aliphatic carbocycles. The number of hydrogen-bond donors (Lipinski definition) is 1. The minimum atomic E-state index is -0.451. The van der Waals surface area contributed by atoms with E-state index < -0.39 is 5.92 Å². The first kappa shape index (κ1) is 19.0. The van der Waals surface area contributed by atoms with E-state index in [4.69, 9.17) is 21.1 Å². The Hall–Kier alpha value is -2.73. The molecule has 0 bridgehead atoms. The average Bonchev–Trinajstić information content (AvgIpc) is 3.05. The Morgan fingerprint density at radius 3 is 2.67 bits per heavy atom. The molecule has 1 heterocycles. The van der Waals surface area contributed by atoms with Crippen molar-refractivity contribution in [3.8, 4) is 11.5 Å². The topological polar surface area (TPSA) is 67.9 Å². The molecule has 0 aromatic heterocycles. The quantitative estimate of drug-likeness (QED) is 0.818. The van der Waals surface area contributed by atoms with Crippen LogP contribution >= 0.6 is 11.6 Å². The smallest absolute Gasteiger partial charge is 0.229 e. The van der Waals surface area contributed by atoms with E-state index in [-0.39, 0.29) is 18.2 Å². The lowest BCUT2D eigenvalue weighted by atomic mass is 10.1. The van der Waals surface area contributed by atoms with Crippen molar-refractivity contribution in [3.63, 3.8) is 0 Å². The van der Waals surface area contributed by atoms with E-state index in [9.17, 15) is 9.59 Å². The molecule has 0 radical (unpaired) electrons. The molecule has 1 N–H and O–H groups in total. The Balaban J connectivity index is 1.69. The number of benzene rings is 2. The minimum absolute atomic E-state index is 0.0858. The summed E-state index contributed by atoms with van der Waals surface area (Å²) in [6, 6.07) is 12.3. The monoisotopic (exact) mass is 388 g/mol. The molecule has 1 aliphatic heterocycles. The Labute approximate surface area is 163 Å². The van der Waals surface area contributed by atoms with E-state index in [0.29, 0.717) is 29.6 Å². The molecule has 0 saturated carbocycles. The number of ether oxygens (including phenoxy) is 2. The molecule has 3 rings (SSSR count). The molecule has 7 heteroatoms. The van der Waals surface area contributed by atoms with Crippen LogP contribution in [0.15, 0.2) is 42.5 Å². The average molecular weight is 389 g/mol. The van der Waals surface area contributed by atoms with Crippen LogP contribution in [0.2, 0.25) is 5.02 Å². The predicted molar refractivity (Wildman–Crippen MR) is 105 cm³/mol. The van der Waals surface area contributed by atoms with Gasteiger partial charge >= 0.3 is 0 Å². The van der Waals surface area contributed by atoms with Crippen molar-refractivity contribution in [1.29, 1.82) is 0 Å². The lowest BCUT2D eigenvalue weighted by molar-refractivity contribution is -0.122. The van der Waals surface area contributed by atoms with E-state index in [1.165, 1.54) is 7.11 Å². The van der Waals surface area contributed by atoms with Crippen molar-refractivity contribution >= 4 is 34.8 Å². The second-order valence-corrected chi connectivity index (χ2v) is 6.60. The normalized spacial score (nSPS) is 16.3. The van der Waals surface area contributed by atoms with Gasteiger partial charge in [-0.15, -0.1) is 0 Å². The number of anilines is 2. The van der Waals surface area contributed by atoms with Crippen molar-refractivity contribution in [3.05, 3.63) is 47.5 Å². The summed E-state index contributed by atoms with van der Waals surface area (Å²) < 4.78 is 10.7. The maximum Gasteiger partial charge on any atom is 0.229 e. The second-order valence-electron chi connectivity index (χ2n) is 6.17. The Bertz CT molecular complexity index is 838. The lowest BCUT2D eigenvalue weighted by Crippen LogP contribution is -2.28. The summed E-state index contributed by atoms with van der Waals surface area (Å²) in [4.78, 5) is 26.7. The number of hydrogen-bond acceptors (Lipinski definition) is 4. The van der Waals surface area contributed by atoms with Crippen molar-refractivity contribution in [1.82, 2.24) is 0 Å². The standard InChI is InChI=1S/C20H21ClN2O4/c1-3-27-16-7-5-15(6-8-16)23-12-13(10-19(23)24)20(25)22-17-11-14(21)4-9-18(17)26-2/h4-9,11,13H,3,10,12H2,1-2H3,(H,22,25)/t13-/m0/s1. The molecule has 1 fully saturated rings. The zero-order valence-corrected chi connectivity index (χ0v) is 16.0. The molecule has 142 valence electrons. The zero-order chi connectivity index (χ0) is 19.4. The summed E-state index contributed by atoms with van der Waals surface area (Å²) in [6.45, 7) is 2.81. The first-order valence-corrected chi connectivity index (χ1v) is 9.07. The summed E-state index contributed by atoms with van der Waals surface area (Å²) in [5, 5.41) is 3.31. The van der Waals surface area contributed by atoms with Gasteiger partial charge < -0.3 is 19.7 Å². The van der Waals surface area contributed by atoms with Gasteiger partial charge in [0.15, 0.2) is 0 Å². The number of methoxy groups -OCH3 is 1. The first-order chi connectivity index (χ1) is 13.0. The molecule has 27 heavy (non-hydrogen) atoms. The molecule has 1 saturated heterocycles. The number of rotatable bonds is 6. The van der Waals surface area contributed by atoms with Crippen LogP contribution in [0.3, 0.4) is 0 Å². The third kappa shape index (κ3) is 4.34. The molecule has 1 atom stereocenters. The van der Waals surface area contributed by atoms with Gasteiger partial charge in [-0.1, -0.05) is 11.6 Å². The fourth-order valence-corrected chi connectivity index (χ4v) is 3.21. The molecule has 2 amide bonds. The summed E-state index contributed by atoms with van der Waals surface area (Å²) >= 11 is 6.00. The van der Waals surface area contributed by atoms with Crippen molar-refractivity contribution in [2.75, 3.05) is 30.5 Å². The highest BCUT2D eigenvalue weighted by Crippen LogP contribution is 2.31. The van der Waals surface area contributed by atoms with Crippen LogP contribution in [0.1, 0.15) is 13.3 Å². The molecule has 0 unspecified atom stereocenters. The number of carbonyl (C=O) groups excluding carboxylic acids is 2. The third-order valence-electron chi connectivity index (χ3n) is 4.37. The minimum Gasteiger partial charge on any atom is -0.495 e. The van der Waals surface area contributed by atoms with Gasteiger partial charge in [-0.25, -0.2) is 0 Å². The molecule has 1 aliphatic rings. The molecule has 2 aromatic rings. The van der Waals surface area contributed by atoms with E-state index in [1.807, 2.05) is 31.2 Å². The number of amides is 2. The van der Waals surface area contributed by atoms with Crippen molar-refractivity contribution < 1.29 is 19.1 Å². The predicted octanol–water partition coefficient (Wildman–Crippen LogP) is 3.74. The highest BCUT2D eigenvalue weighted by Gasteiger charge is 2.35. The van der Waals surface area contributed by atoms with Crippen LogP contribution in [0.4, 0.5) is 11.4 Å². The maximum absolute atomic E-state index is 12.6. The van der Waals surface area contributed by atoms with E-state index in [0.717, 1.165) is 11.4 Å². The highest BCUT2D eigenvalue weighted by atomic mass is 35.5. The molecule has 6 nitrogen and oxygen atoms in total. The van der Waals surface area contributed by atoms with Crippen LogP contribution in [-0.4, -0.2) is 32.1 Å². The molecule has 2 aromatic carbocycles. The van der Waals surface area contributed by atoms with Gasteiger partial charge in [0, 0.05) is 23.7 Å². The number of nitrogens with zero attached hydrogens (tertiary/aromatic N) is 1. The van der Waals surface area contributed by atoms with Crippen LogP contribution < -0.4 is 19.7 Å². The number of carbonyl (C=O) groups is 2. The highest BCUT2D eigenvalue weighted by molar-refractivity contribution is 6.31. The Morgan fingerprint density at radius 2 is 2.00 bits per heavy atom. The van der Waals surface area contributed by atoms with Crippen LogP contribution in [0, 0.1) is 5.92 Å². The summed E-state index contributed by atoms with van der Waals surface area (Å²) in [7, 11) is 1.52. The summed E-state index contributed by atoms with van der Waals surface area (Å²) in [6.07, 6.45) is 0.155. The van der Waals surface area contributed by atoms with Gasteiger partial charge in [-0.3, -0.25) is 9.59 Å². The van der Waals surface area contributed by atoms with E-state index in [1.54, 1.807) is 23.1 Å². The van der Waals surface area contributed by atoms with E-state index >= 15 is 0 Å². The molecular weight excluding hydrogens is 368 g/mol. The molecular formula is C20H21ClN2O4. The lowest BCUT2D eigenvalue weighted by Gasteiger charge is -2.17. The second kappa shape index (κ2) is 8.31. The van der Waals surface area contributed by atoms with Crippen LogP contribution in [-0.2, 0) is 9.59 Å². The van der Waals surface area contributed by atoms with Crippen molar-refractivity contribution in [2.45, 2.75) is 13.3 Å². The first-order valence-electron chi connectivity index (χ1n) is 8.69. The van der Waals surface area contributed by atoms with Crippen LogP contribution in [0.5, 0.6) is 11.5 Å². The van der Waals surface area contributed by atoms with Crippen LogP contribution in [0.25, 0.3) is 0 Å². The SMILES string of the molecule is CCOc1ccc(N2C[C@@H](C(=O)Nc3cc(Cl)ccc3OC)CC2=O)cc1. The summed E-state index contributed by atoms with van der Waals surface area (Å²) in [5.41, 5.74) is 1.24. The van der Waals surface area contributed by atoms with E-state index in [2.05, 4.69) is 5.32 Å². The van der Waals surface area contributed by atoms with Gasteiger partial charge in [0.25, 0.3) is 0 Å². The largest absolute Gasteiger partial charge is 0.495 e.